The average molecular weight is 385 g/mol. The molecule has 0 aromatic rings. The van der Waals surface area contributed by atoms with E-state index >= 15 is 0 Å². The summed E-state index contributed by atoms with van der Waals surface area (Å²) in [5.41, 5.74) is 0. The van der Waals surface area contributed by atoms with Crippen LogP contribution >= 0.6 is 0 Å². The minimum atomic E-state index is -1.90. The molecule has 18 heavy (non-hydrogen) atoms. The summed E-state index contributed by atoms with van der Waals surface area (Å²) in [4.78, 5) is 41.2. The Morgan fingerprint density at radius 1 is 0.778 bits per heavy atom. The summed E-state index contributed by atoms with van der Waals surface area (Å²) in [6.07, 6.45) is -2.14. The van der Waals surface area contributed by atoms with Gasteiger partial charge in [-0.3, -0.25) is 0 Å². The molecule has 0 aromatic carbocycles. The molecular weight excluding hydrogens is 378 g/mol. The molecule has 0 fully saturated rings. The van der Waals surface area contributed by atoms with Crippen molar-refractivity contribution in [2.75, 3.05) is 0 Å². The third-order valence-corrected chi connectivity index (χ3v) is 1.71. The second kappa shape index (κ2) is 9.19. The molecule has 0 bridgehead atoms. The first-order chi connectivity index (χ1) is 7.73. The van der Waals surface area contributed by atoms with Gasteiger partial charge >= 0.3 is 41.7 Å². The standard InChI is InChI=1S/C8H11NO8.Ce/c10-5(11)1-3(7(14)15)9-4(8(16)17)2-6(12)13;/h3-4,9H,1-2H2,(H,10,11)(H,12,13)(H,14,15)(H,16,17);/q;+4/p-4. The Bertz CT molecular complexity index is 312. The average Bonchev–Trinajstić information content (AvgIpc) is 2.13. The van der Waals surface area contributed by atoms with E-state index < -0.39 is 48.8 Å². The van der Waals surface area contributed by atoms with Gasteiger partial charge in [-0.2, -0.15) is 0 Å². The molecule has 10 heteroatoms. The van der Waals surface area contributed by atoms with Crippen LogP contribution in [0.2, 0.25) is 0 Å². The summed E-state index contributed by atoms with van der Waals surface area (Å²) in [5.74, 6) is -7.34. The minimum Gasteiger partial charge on any atom is -0.550 e. The van der Waals surface area contributed by atoms with Crippen molar-refractivity contribution < 1.29 is 81.4 Å². The largest absolute Gasteiger partial charge is 4.00 e. The van der Waals surface area contributed by atoms with Gasteiger partial charge in [0.1, 0.15) is 0 Å². The Hall–Kier alpha value is -0.783. The van der Waals surface area contributed by atoms with E-state index in [9.17, 15) is 39.6 Å². The summed E-state index contributed by atoms with van der Waals surface area (Å²) < 4.78 is 0. The van der Waals surface area contributed by atoms with Crippen LogP contribution in [0.25, 0.3) is 0 Å². The summed E-state index contributed by atoms with van der Waals surface area (Å²) in [6, 6.07) is -3.80. The normalized spacial score (nSPS) is 12.9. The molecule has 0 aliphatic carbocycles. The number of carbonyl (C=O) groups is 4. The Kier molecular flexibility index (Phi) is 9.98. The zero-order valence-electron chi connectivity index (χ0n) is 8.83. The van der Waals surface area contributed by atoms with E-state index in [4.69, 9.17) is 0 Å². The molecule has 0 aliphatic heterocycles. The predicted octanol–water partition coefficient (Wildman–Crippen LogP) is -6.91. The maximum atomic E-state index is 10.4. The first-order valence-corrected chi connectivity index (χ1v) is 4.31. The van der Waals surface area contributed by atoms with Crippen LogP contribution in [-0.4, -0.2) is 36.0 Å². The Balaban J connectivity index is 0. The molecule has 0 radical (unpaired) electrons. The molecule has 9 nitrogen and oxygen atoms in total. The van der Waals surface area contributed by atoms with Crippen LogP contribution in [0.4, 0.5) is 0 Å². The van der Waals surface area contributed by atoms with Crippen molar-refractivity contribution in [1.29, 1.82) is 0 Å². The van der Waals surface area contributed by atoms with Gasteiger partial charge in [0.15, 0.2) is 0 Å². The van der Waals surface area contributed by atoms with E-state index in [1.54, 1.807) is 5.32 Å². The first-order valence-electron chi connectivity index (χ1n) is 4.31. The van der Waals surface area contributed by atoms with Gasteiger partial charge in [0.25, 0.3) is 0 Å². The molecule has 0 saturated carbocycles. The molecule has 0 saturated heterocycles. The van der Waals surface area contributed by atoms with Gasteiger partial charge in [0, 0.05) is 24.8 Å². The Morgan fingerprint density at radius 3 is 1.22 bits per heavy atom. The SMILES string of the molecule is O=C([O-])CC(NC(CC(=O)[O-])C(=O)[O-])C(=O)[O-].[Ce+4]. The third-order valence-electron chi connectivity index (χ3n) is 1.71. The Morgan fingerprint density at radius 2 is 1.06 bits per heavy atom. The van der Waals surface area contributed by atoms with E-state index in [0.29, 0.717) is 0 Å². The van der Waals surface area contributed by atoms with Crippen molar-refractivity contribution in [3.8, 4) is 0 Å². The smallest absolute Gasteiger partial charge is 0.550 e. The van der Waals surface area contributed by atoms with Crippen LogP contribution in [0.3, 0.4) is 0 Å². The van der Waals surface area contributed by atoms with Crippen molar-refractivity contribution in [3.63, 3.8) is 0 Å². The number of carboxylic acid groups (broad SMARTS) is 4. The van der Waals surface area contributed by atoms with E-state index in [1.807, 2.05) is 0 Å². The molecule has 96 valence electrons. The maximum absolute atomic E-state index is 10.4. The number of nitrogens with one attached hydrogen (secondary N) is 1. The maximum Gasteiger partial charge on any atom is 4.00 e. The number of aliphatic carboxylic acids is 4. The summed E-state index contributed by atoms with van der Waals surface area (Å²) in [7, 11) is 0. The summed E-state index contributed by atoms with van der Waals surface area (Å²) in [6.45, 7) is 0. The molecule has 0 aliphatic rings. The molecule has 2 atom stereocenters. The Labute approximate surface area is 135 Å². The van der Waals surface area contributed by atoms with Crippen molar-refractivity contribution >= 4 is 23.9 Å². The summed E-state index contributed by atoms with van der Waals surface area (Å²) in [5, 5.41) is 42.9. The van der Waals surface area contributed by atoms with Gasteiger partial charge in [-0.05, 0) is 0 Å². The van der Waals surface area contributed by atoms with Gasteiger partial charge < -0.3 is 44.9 Å². The second-order valence-corrected chi connectivity index (χ2v) is 3.06. The molecule has 0 heterocycles. The number of carboxylic acids is 4. The van der Waals surface area contributed by atoms with Crippen molar-refractivity contribution in [2.45, 2.75) is 24.9 Å². The fraction of sp³-hybridized carbons (Fsp3) is 0.500. The number of carbonyl (C=O) groups excluding carboxylic acids is 4. The predicted molar refractivity (Wildman–Crippen MR) is 40.0 cm³/mol. The van der Waals surface area contributed by atoms with Crippen LogP contribution < -0.4 is 25.7 Å². The van der Waals surface area contributed by atoms with Crippen LogP contribution in [0, 0.1) is 41.7 Å². The van der Waals surface area contributed by atoms with Gasteiger partial charge in [0.05, 0.1) is 24.0 Å². The van der Waals surface area contributed by atoms with Gasteiger partial charge in [-0.1, -0.05) is 0 Å². The van der Waals surface area contributed by atoms with Crippen LogP contribution in [0.5, 0.6) is 0 Å². The number of rotatable bonds is 8. The van der Waals surface area contributed by atoms with E-state index in [-0.39, 0.29) is 41.7 Å². The molecule has 0 amide bonds. The monoisotopic (exact) mass is 385 g/mol. The van der Waals surface area contributed by atoms with Crippen LogP contribution in [-0.2, 0) is 19.2 Å². The zero-order chi connectivity index (χ0) is 13.6. The van der Waals surface area contributed by atoms with E-state index in [2.05, 4.69) is 0 Å². The quantitative estimate of drug-likeness (QED) is 0.426. The van der Waals surface area contributed by atoms with Crippen molar-refractivity contribution in [2.24, 2.45) is 0 Å². The van der Waals surface area contributed by atoms with Crippen molar-refractivity contribution in [1.82, 2.24) is 5.32 Å². The van der Waals surface area contributed by atoms with E-state index in [0.717, 1.165) is 0 Å². The third kappa shape index (κ3) is 8.33. The van der Waals surface area contributed by atoms with E-state index in [1.165, 1.54) is 0 Å². The van der Waals surface area contributed by atoms with Crippen molar-refractivity contribution in [3.05, 3.63) is 0 Å². The molecule has 2 unspecified atom stereocenters. The van der Waals surface area contributed by atoms with Gasteiger partial charge in [-0.15, -0.1) is 0 Å². The van der Waals surface area contributed by atoms with Gasteiger partial charge in [-0.25, -0.2) is 0 Å². The van der Waals surface area contributed by atoms with Gasteiger partial charge in [0.2, 0.25) is 0 Å². The molecule has 1 N–H and O–H groups in total. The number of hydrogen-bond donors (Lipinski definition) is 1. The first kappa shape index (κ1) is 19.6. The van der Waals surface area contributed by atoms with Crippen LogP contribution in [0.1, 0.15) is 12.8 Å². The fourth-order valence-corrected chi connectivity index (χ4v) is 0.997. The topological polar surface area (TPSA) is 173 Å². The molecule has 0 rings (SSSR count). The second-order valence-electron chi connectivity index (χ2n) is 3.06. The molecular formula is C8H7CeNO8. The molecule has 0 spiro atoms. The zero-order valence-corrected chi connectivity index (χ0v) is 12.0. The number of hydrogen-bond acceptors (Lipinski definition) is 9. The summed E-state index contributed by atoms with van der Waals surface area (Å²) >= 11 is 0. The molecule has 0 aromatic heterocycles. The van der Waals surface area contributed by atoms with Crippen LogP contribution in [0.15, 0.2) is 0 Å². The fourth-order valence-electron chi connectivity index (χ4n) is 0.997. The minimum absolute atomic E-state index is 0.